The molecule has 0 saturated heterocycles. The molecule has 1 atom stereocenters. The average Bonchev–Trinajstić information content (AvgIpc) is 3.62. The molecule has 4 aromatic rings. The fraction of sp³-hybridized carbons (Fsp3) is 0.226. The molecule has 1 fully saturated rings. The minimum absolute atomic E-state index is 0.0905. The summed E-state index contributed by atoms with van der Waals surface area (Å²) in [6.07, 6.45) is 2.41. The third kappa shape index (κ3) is 2.64. The maximum Gasteiger partial charge on any atom is 0.0585 e. The van der Waals surface area contributed by atoms with E-state index in [0.717, 1.165) is 0 Å². The van der Waals surface area contributed by atoms with E-state index in [1.165, 1.54) is 51.9 Å². The topological polar surface area (TPSA) is 12.0 Å². The molecule has 1 unspecified atom stereocenters. The van der Waals surface area contributed by atoms with Crippen molar-refractivity contribution in [2.24, 2.45) is 5.41 Å². The molecule has 1 aliphatic carbocycles. The molecule has 158 valence electrons. The molecule has 4 aromatic carbocycles. The molecule has 0 radical (unpaired) electrons. The fourth-order valence-electron chi connectivity index (χ4n) is 6.22. The number of hydrogen-bond acceptors (Lipinski definition) is 1. The van der Waals surface area contributed by atoms with Gasteiger partial charge in [-0.2, -0.15) is 0 Å². The quantitative estimate of drug-likeness (QED) is 0.363. The number of hydrogen-bond donors (Lipinski definition) is 1. The van der Waals surface area contributed by atoms with Gasteiger partial charge in [0.15, 0.2) is 0 Å². The minimum atomic E-state index is -0.198. The first-order valence-corrected chi connectivity index (χ1v) is 11.7. The van der Waals surface area contributed by atoms with E-state index >= 15 is 0 Å². The summed E-state index contributed by atoms with van der Waals surface area (Å²) >= 11 is 0. The molecule has 6 rings (SSSR count). The van der Waals surface area contributed by atoms with Crippen LogP contribution in [0, 0.1) is 19.3 Å². The van der Waals surface area contributed by atoms with E-state index in [4.69, 9.17) is 0 Å². The molecular formula is C31H29N. The number of para-hydroxylation sites is 1. The van der Waals surface area contributed by atoms with Crippen molar-refractivity contribution in [3.8, 4) is 0 Å². The number of nitrogens with one attached hydrogen (secondary N) is 1. The highest BCUT2D eigenvalue weighted by atomic mass is 15.0. The highest BCUT2D eigenvalue weighted by molar-refractivity contribution is 5.70. The Labute approximate surface area is 191 Å². The Hall–Kier alpha value is -3.32. The second-order valence-electron chi connectivity index (χ2n) is 9.67. The zero-order chi connectivity index (χ0) is 21.8. The smallest absolute Gasteiger partial charge is 0.0585 e. The summed E-state index contributed by atoms with van der Waals surface area (Å²) in [4.78, 5) is 0. The number of aryl methyl sites for hydroxylation is 2. The van der Waals surface area contributed by atoms with Gasteiger partial charge in [0, 0.05) is 11.1 Å². The summed E-state index contributed by atoms with van der Waals surface area (Å²) in [7, 11) is 0. The Bertz CT molecular complexity index is 1200. The van der Waals surface area contributed by atoms with E-state index in [2.05, 4.69) is 122 Å². The molecule has 2 aliphatic rings. The maximum absolute atomic E-state index is 3.98. The van der Waals surface area contributed by atoms with Crippen LogP contribution in [0.5, 0.6) is 0 Å². The van der Waals surface area contributed by atoms with Crippen molar-refractivity contribution in [1.82, 2.24) is 0 Å². The summed E-state index contributed by atoms with van der Waals surface area (Å²) in [5, 5.41) is 3.98. The first-order valence-electron chi connectivity index (χ1n) is 11.7. The number of anilines is 1. The van der Waals surface area contributed by atoms with E-state index in [0.29, 0.717) is 0 Å². The van der Waals surface area contributed by atoms with Crippen LogP contribution in [-0.2, 0) is 5.41 Å². The van der Waals surface area contributed by atoms with Crippen molar-refractivity contribution < 1.29 is 0 Å². The van der Waals surface area contributed by atoms with Crippen LogP contribution < -0.4 is 5.32 Å². The SMILES string of the molecule is Cc1ccc(C2(c3ccc(C)cc3)c3ccccc3NC(c3ccccc3)C23CC3)cc1. The van der Waals surface area contributed by atoms with Crippen molar-refractivity contribution in [3.63, 3.8) is 0 Å². The maximum atomic E-state index is 3.98. The molecule has 1 saturated carbocycles. The standard InChI is InChI=1S/C31H29N/c1-22-12-16-25(17-13-22)31(26-18-14-23(2)15-19-26)27-10-6-7-11-28(27)32-29(30(31)20-21-30)24-8-4-3-5-9-24/h3-19,29,32H,20-21H2,1-2H3. The first kappa shape index (κ1) is 19.4. The van der Waals surface area contributed by atoms with Crippen molar-refractivity contribution >= 4 is 5.69 Å². The molecule has 1 N–H and O–H groups in total. The molecule has 0 bridgehead atoms. The van der Waals surface area contributed by atoms with Gasteiger partial charge in [0.25, 0.3) is 0 Å². The lowest BCUT2D eigenvalue weighted by atomic mass is 9.54. The van der Waals surface area contributed by atoms with E-state index in [1.807, 2.05) is 0 Å². The zero-order valence-corrected chi connectivity index (χ0v) is 18.8. The Morgan fingerprint density at radius 3 is 1.72 bits per heavy atom. The molecule has 1 heterocycles. The highest BCUT2D eigenvalue weighted by Crippen LogP contribution is 2.73. The monoisotopic (exact) mass is 415 g/mol. The van der Waals surface area contributed by atoms with Crippen LogP contribution in [-0.4, -0.2) is 0 Å². The highest BCUT2D eigenvalue weighted by Gasteiger charge is 2.67. The molecule has 1 spiro atoms. The lowest BCUT2D eigenvalue weighted by molar-refractivity contribution is 0.286. The van der Waals surface area contributed by atoms with Crippen LogP contribution >= 0.6 is 0 Å². The van der Waals surface area contributed by atoms with E-state index in [1.54, 1.807) is 0 Å². The lowest BCUT2D eigenvalue weighted by Crippen LogP contribution is -2.48. The summed E-state index contributed by atoms with van der Waals surface area (Å²) in [5.74, 6) is 0. The van der Waals surface area contributed by atoms with Crippen molar-refractivity contribution in [3.05, 3.63) is 137 Å². The van der Waals surface area contributed by atoms with Gasteiger partial charge in [0.2, 0.25) is 0 Å². The lowest BCUT2D eigenvalue weighted by Gasteiger charge is -2.52. The van der Waals surface area contributed by atoms with E-state index in [-0.39, 0.29) is 16.9 Å². The van der Waals surface area contributed by atoms with Crippen molar-refractivity contribution in [1.29, 1.82) is 0 Å². The third-order valence-corrected chi connectivity index (χ3v) is 7.82. The van der Waals surface area contributed by atoms with Crippen LogP contribution in [0.4, 0.5) is 5.69 Å². The Kier molecular flexibility index (Phi) is 4.30. The second kappa shape index (κ2) is 7.10. The predicted molar refractivity (Wildman–Crippen MR) is 133 cm³/mol. The van der Waals surface area contributed by atoms with Gasteiger partial charge in [-0.3, -0.25) is 0 Å². The van der Waals surface area contributed by atoms with Crippen molar-refractivity contribution in [2.75, 3.05) is 5.32 Å². The van der Waals surface area contributed by atoms with Gasteiger partial charge in [-0.1, -0.05) is 108 Å². The van der Waals surface area contributed by atoms with Gasteiger partial charge in [-0.15, -0.1) is 0 Å². The average molecular weight is 416 g/mol. The van der Waals surface area contributed by atoms with Crippen LogP contribution in [0.15, 0.2) is 103 Å². The van der Waals surface area contributed by atoms with Gasteiger partial charge in [0.1, 0.15) is 0 Å². The number of benzene rings is 4. The first-order chi connectivity index (χ1) is 15.6. The minimum Gasteiger partial charge on any atom is -0.377 e. The van der Waals surface area contributed by atoms with Crippen molar-refractivity contribution in [2.45, 2.75) is 38.1 Å². The van der Waals surface area contributed by atoms with Gasteiger partial charge in [-0.25, -0.2) is 0 Å². The van der Waals surface area contributed by atoms with Gasteiger partial charge < -0.3 is 5.32 Å². The summed E-state index contributed by atoms with van der Waals surface area (Å²) < 4.78 is 0. The fourth-order valence-corrected chi connectivity index (χ4v) is 6.22. The Morgan fingerprint density at radius 1 is 0.625 bits per heavy atom. The summed E-state index contributed by atoms with van der Waals surface area (Å²) in [5.41, 5.74) is 9.34. The summed E-state index contributed by atoms with van der Waals surface area (Å²) in [6, 6.07) is 38.9. The molecule has 0 amide bonds. The molecule has 0 aromatic heterocycles. The third-order valence-electron chi connectivity index (χ3n) is 7.82. The molecule has 1 heteroatoms. The Morgan fingerprint density at radius 2 is 1.16 bits per heavy atom. The molecule has 1 nitrogen and oxygen atoms in total. The predicted octanol–water partition coefficient (Wildman–Crippen LogP) is 7.58. The second-order valence-corrected chi connectivity index (χ2v) is 9.67. The zero-order valence-electron chi connectivity index (χ0n) is 18.8. The van der Waals surface area contributed by atoms with Gasteiger partial charge >= 0.3 is 0 Å². The molecule has 32 heavy (non-hydrogen) atoms. The van der Waals surface area contributed by atoms with Crippen LogP contribution in [0.2, 0.25) is 0 Å². The summed E-state index contributed by atoms with van der Waals surface area (Å²) in [6.45, 7) is 4.36. The molecular weight excluding hydrogens is 386 g/mol. The van der Waals surface area contributed by atoms with Crippen LogP contribution in [0.25, 0.3) is 0 Å². The van der Waals surface area contributed by atoms with Crippen LogP contribution in [0.3, 0.4) is 0 Å². The van der Waals surface area contributed by atoms with E-state index in [9.17, 15) is 0 Å². The molecule has 1 aliphatic heterocycles. The Balaban J connectivity index is 1.71. The number of rotatable bonds is 3. The number of fused-ring (bicyclic) bond motifs is 1. The normalized spacial score (nSPS) is 19.8. The van der Waals surface area contributed by atoms with E-state index < -0.39 is 0 Å². The largest absolute Gasteiger partial charge is 0.377 e. The van der Waals surface area contributed by atoms with Gasteiger partial charge in [0.05, 0.1) is 11.5 Å². The van der Waals surface area contributed by atoms with Crippen LogP contribution in [0.1, 0.15) is 52.3 Å². The van der Waals surface area contributed by atoms with Gasteiger partial charge in [-0.05, 0) is 55.0 Å².